The van der Waals surface area contributed by atoms with Crippen molar-refractivity contribution in [2.75, 3.05) is 12.9 Å². The lowest BCUT2D eigenvalue weighted by molar-refractivity contribution is -0.144. The predicted molar refractivity (Wildman–Crippen MR) is 97.8 cm³/mol. The van der Waals surface area contributed by atoms with E-state index in [2.05, 4.69) is 15.5 Å². The fraction of sp³-hybridized carbons (Fsp3) is 0.222. The van der Waals surface area contributed by atoms with Gasteiger partial charge in [0, 0.05) is 12.6 Å². The molecule has 3 aromatic rings. The zero-order valence-electron chi connectivity index (χ0n) is 14.2. The molecule has 1 aromatic carbocycles. The molecule has 0 radical (unpaired) electrons. The predicted octanol–water partition coefficient (Wildman–Crippen LogP) is 1.72. The van der Waals surface area contributed by atoms with Gasteiger partial charge in [-0.05, 0) is 17.7 Å². The van der Waals surface area contributed by atoms with E-state index < -0.39 is 12.0 Å². The minimum atomic E-state index is -0.731. The molecule has 0 aliphatic rings. The molecule has 8 heteroatoms. The third-order valence-corrected chi connectivity index (χ3v) is 4.66. The fourth-order valence-corrected chi connectivity index (χ4v) is 3.20. The summed E-state index contributed by atoms with van der Waals surface area (Å²) in [6.07, 6.45) is 2.21. The number of benzene rings is 1. The summed E-state index contributed by atoms with van der Waals surface area (Å²) in [7, 11) is 1.31. The Kier molecular flexibility index (Phi) is 5.85. The Labute approximate surface area is 154 Å². The van der Waals surface area contributed by atoms with Gasteiger partial charge >= 0.3 is 5.97 Å². The molecule has 7 nitrogen and oxygen atoms in total. The first kappa shape index (κ1) is 17.9. The number of amides is 1. The number of thioether (sulfide) groups is 1. The van der Waals surface area contributed by atoms with Crippen LogP contribution in [0, 0.1) is 0 Å². The van der Waals surface area contributed by atoms with Gasteiger partial charge in [-0.15, -0.1) is 10.2 Å². The van der Waals surface area contributed by atoms with Crippen molar-refractivity contribution in [3.05, 3.63) is 60.3 Å². The Morgan fingerprint density at radius 2 is 1.92 bits per heavy atom. The highest BCUT2D eigenvalue weighted by molar-refractivity contribution is 7.99. The molecule has 1 amide bonds. The SMILES string of the molecule is COC(=O)[C@H](Cc1ccccc1)NC(=O)CSc1nnc2ccccn12. The van der Waals surface area contributed by atoms with Crippen molar-refractivity contribution in [1.82, 2.24) is 19.9 Å². The molecule has 26 heavy (non-hydrogen) atoms. The Morgan fingerprint density at radius 3 is 2.69 bits per heavy atom. The van der Waals surface area contributed by atoms with Gasteiger partial charge in [0.05, 0.1) is 12.9 Å². The topological polar surface area (TPSA) is 85.6 Å². The van der Waals surface area contributed by atoms with Crippen molar-refractivity contribution in [3.8, 4) is 0 Å². The number of rotatable bonds is 7. The molecule has 0 unspecified atom stereocenters. The molecule has 0 spiro atoms. The molecule has 0 saturated carbocycles. The van der Waals surface area contributed by atoms with Crippen LogP contribution in [0.2, 0.25) is 0 Å². The Bertz CT molecular complexity index is 898. The van der Waals surface area contributed by atoms with E-state index in [9.17, 15) is 9.59 Å². The summed E-state index contributed by atoms with van der Waals surface area (Å²) in [5.74, 6) is -0.619. The highest BCUT2D eigenvalue weighted by Crippen LogP contribution is 2.16. The molecular formula is C18H18N4O3S. The minimum Gasteiger partial charge on any atom is -0.467 e. The quantitative estimate of drug-likeness (QED) is 0.503. The van der Waals surface area contributed by atoms with Gasteiger partial charge in [-0.2, -0.15) is 0 Å². The van der Waals surface area contributed by atoms with Gasteiger partial charge in [0.25, 0.3) is 0 Å². The Balaban J connectivity index is 1.61. The van der Waals surface area contributed by atoms with Gasteiger partial charge in [-0.25, -0.2) is 4.79 Å². The normalized spacial score (nSPS) is 11.9. The average Bonchev–Trinajstić information content (AvgIpc) is 3.09. The number of carbonyl (C=O) groups excluding carboxylic acids is 2. The zero-order chi connectivity index (χ0) is 18.4. The van der Waals surface area contributed by atoms with Crippen molar-refractivity contribution >= 4 is 29.3 Å². The van der Waals surface area contributed by atoms with E-state index in [1.807, 2.05) is 54.7 Å². The molecule has 1 N–H and O–H groups in total. The first-order chi connectivity index (χ1) is 12.7. The molecule has 2 aromatic heterocycles. The van der Waals surface area contributed by atoms with Crippen molar-refractivity contribution < 1.29 is 14.3 Å². The second-order valence-electron chi connectivity index (χ2n) is 5.53. The van der Waals surface area contributed by atoms with E-state index in [-0.39, 0.29) is 11.7 Å². The maximum absolute atomic E-state index is 12.3. The molecule has 0 saturated heterocycles. The van der Waals surface area contributed by atoms with Crippen LogP contribution in [-0.4, -0.2) is 45.4 Å². The number of ether oxygens (including phenoxy) is 1. The molecule has 1 atom stereocenters. The number of carbonyl (C=O) groups is 2. The zero-order valence-corrected chi connectivity index (χ0v) is 15.0. The maximum atomic E-state index is 12.3. The van der Waals surface area contributed by atoms with Crippen molar-refractivity contribution in [2.45, 2.75) is 17.6 Å². The summed E-state index contributed by atoms with van der Waals surface area (Å²) in [6, 6.07) is 14.3. The summed E-state index contributed by atoms with van der Waals surface area (Å²) in [5.41, 5.74) is 1.66. The molecule has 0 aliphatic heterocycles. The number of fused-ring (bicyclic) bond motifs is 1. The number of nitrogens with zero attached hydrogens (tertiary/aromatic N) is 3. The van der Waals surface area contributed by atoms with E-state index in [0.717, 1.165) is 5.56 Å². The second-order valence-corrected chi connectivity index (χ2v) is 6.48. The summed E-state index contributed by atoms with van der Waals surface area (Å²) < 4.78 is 6.61. The van der Waals surface area contributed by atoms with E-state index in [0.29, 0.717) is 17.2 Å². The van der Waals surface area contributed by atoms with E-state index in [1.54, 1.807) is 4.40 Å². The average molecular weight is 370 g/mol. The third-order valence-electron chi connectivity index (χ3n) is 3.72. The summed E-state index contributed by atoms with van der Waals surface area (Å²) >= 11 is 1.26. The van der Waals surface area contributed by atoms with Crippen LogP contribution < -0.4 is 5.32 Å². The highest BCUT2D eigenvalue weighted by Gasteiger charge is 2.22. The Hall–Kier alpha value is -2.87. The van der Waals surface area contributed by atoms with Crippen LogP contribution in [0.4, 0.5) is 0 Å². The van der Waals surface area contributed by atoms with Crippen LogP contribution >= 0.6 is 11.8 Å². The minimum absolute atomic E-state index is 0.123. The number of aromatic nitrogens is 3. The number of hydrogen-bond acceptors (Lipinski definition) is 6. The molecular weight excluding hydrogens is 352 g/mol. The highest BCUT2D eigenvalue weighted by atomic mass is 32.2. The number of pyridine rings is 1. The third kappa shape index (κ3) is 4.40. The number of nitrogens with one attached hydrogen (secondary N) is 1. The largest absolute Gasteiger partial charge is 0.467 e. The summed E-state index contributed by atoms with van der Waals surface area (Å²) in [5, 5.41) is 11.5. The van der Waals surface area contributed by atoms with Crippen molar-refractivity contribution in [1.29, 1.82) is 0 Å². The van der Waals surface area contributed by atoms with Crippen LogP contribution in [0.15, 0.2) is 59.9 Å². The molecule has 0 fully saturated rings. The lowest BCUT2D eigenvalue weighted by Crippen LogP contribution is -2.43. The van der Waals surface area contributed by atoms with Gasteiger partial charge in [-0.1, -0.05) is 48.2 Å². The number of hydrogen-bond donors (Lipinski definition) is 1. The van der Waals surface area contributed by atoms with E-state index in [4.69, 9.17) is 4.74 Å². The molecule has 134 valence electrons. The van der Waals surface area contributed by atoms with E-state index in [1.165, 1.54) is 18.9 Å². The molecule has 0 aliphatic carbocycles. The lowest BCUT2D eigenvalue weighted by atomic mass is 10.1. The molecule has 3 rings (SSSR count). The van der Waals surface area contributed by atoms with Crippen LogP contribution in [-0.2, 0) is 20.7 Å². The van der Waals surface area contributed by atoms with Gasteiger partial charge < -0.3 is 10.1 Å². The lowest BCUT2D eigenvalue weighted by Gasteiger charge is -2.16. The van der Waals surface area contributed by atoms with Crippen LogP contribution in [0.3, 0.4) is 0 Å². The molecule has 2 heterocycles. The fourth-order valence-electron chi connectivity index (χ4n) is 2.47. The summed E-state index contributed by atoms with van der Waals surface area (Å²) in [6.45, 7) is 0. The van der Waals surface area contributed by atoms with Crippen LogP contribution in [0.25, 0.3) is 5.65 Å². The maximum Gasteiger partial charge on any atom is 0.328 e. The number of methoxy groups -OCH3 is 1. The van der Waals surface area contributed by atoms with Gasteiger partial charge in [0.1, 0.15) is 6.04 Å². The van der Waals surface area contributed by atoms with Gasteiger partial charge in [0.2, 0.25) is 5.91 Å². The summed E-state index contributed by atoms with van der Waals surface area (Å²) in [4.78, 5) is 24.3. The second kappa shape index (κ2) is 8.48. The molecule has 0 bridgehead atoms. The van der Waals surface area contributed by atoms with Crippen molar-refractivity contribution in [3.63, 3.8) is 0 Å². The first-order valence-corrected chi connectivity index (χ1v) is 8.99. The van der Waals surface area contributed by atoms with Crippen molar-refractivity contribution in [2.24, 2.45) is 0 Å². The van der Waals surface area contributed by atoms with Crippen LogP contribution in [0.1, 0.15) is 5.56 Å². The van der Waals surface area contributed by atoms with Gasteiger partial charge in [-0.3, -0.25) is 9.20 Å². The van der Waals surface area contributed by atoms with Gasteiger partial charge in [0.15, 0.2) is 10.8 Å². The number of esters is 1. The first-order valence-electron chi connectivity index (χ1n) is 8.01. The smallest absolute Gasteiger partial charge is 0.328 e. The standard InChI is InChI=1S/C18H18N4O3S/c1-25-17(24)14(11-13-7-3-2-4-8-13)19-16(23)12-26-18-21-20-15-9-5-6-10-22(15)18/h2-10,14H,11-12H2,1H3,(H,19,23)/t14-/m0/s1. The monoisotopic (exact) mass is 370 g/mol. The van der Waals surface area contributed by atoms with Crippen LogP contribution in [0.5, 0.6) is 0 Å². The Morgan fingerprint density at radius 1 is 1.15 bits per heavy atom. The van der Waals surface area contributed by atoms with E-state index >= 15 is 0 Å².